The highest BCUT2D eigenvalue weighted by Crippen LogP contribution is 2.28. The fraction of sp³-hybridized carbons (Fsp3) is 0.235. The Morgan fingerprint density at radius 3 is 2.73 bits per heavy atom. The summed E-state index contributed by atoms with van der Waals surface area (Å²) >= 11 is 5.09. The largest absolute Gasteiger partial charge is 0.507 e. The quantitative estimate of drug-likeness (QED) is 0.847. The van der Waals surface area contributed by atoms with Crippen molar-refractivity contribution in [1.82, 2.24) is 0 Å². The first-order valence-corrected chi connectivity index (χ1v) is 8.81. The summed E-state index contributed by atoms with van der Waals surface area (Å²) in [5, 5.41) is 10.8. The molecule has 3 nitrogen and oxygen atoms in total. The first-order valence-electron chi connectivity index (χ1n) is 7.03. The van der Waals surface area contributed by atoms with Crippen LogP contribution in [0.4, 0.5) is 0 Å². The van der Waals surface area contributed by atoms with E-state index < -0.39 is 0 Å². The maximum absolute atomic E-state index is 9.88. The van der Waals surface area contributed by atoms with Gasteiger partial charge in [0, 0.05) is 15.8 Å². The second kappa shape index (κ2) is 7.31. The molecule has 0 saturated heterocycles. The first kappa shape index (κ1) is 15.6. The van der Waals surface area contributed by atoms with E-state index in [1.54, 1.807) is 17.8 Å². The van der Waals surface area contributed by atoms with Crippen LogP contribution in [0.1, 0.15) is 11.1 Å². The van der Waals surface area contributed by atoms with Crippen LogP contribution in [-0.2, 0) is 11.3 Å². The van der Waals surface area contributed by atoms with Crippen molar-refractivity contribution in [2.45, 2.75) is 12.6 Å². The normalized spacial score (nSPS) is 17.5. The van der Waals surface area contributed by atoms with Gasteiger partial charge < -0.3 is 9.84 Å². The highest BCUT2D eigenvalue weighted by atomic mass is 79.9. The molecular formula is C17H16BrNO2S. The van der Waals surface area contributed by atoms with Crippen molar-refractivity contribution in [2.75, 3.05) is 12.4 Å². The summed E-state index contributed by atoms with van der Waals surface area (Å²) in [5.41, 5.74) is 1.96. The molecular weight excluding hydrogens is 362 g/mol. The van der Waals surface area contributed by atoms with Crippen LogP contribution >= 0.6 is 27.7 Å². The van der Waals surface area contributed by atoms with Crippen molar-refractivity contribution in [3.63, 3.8) is 0 Å². The lowest BCUT2D eigenvalue weighted by Crippen LogP contribution is -2.13. The summed E-state index contributed by atoms with van der Waals surface area (Å²) < 4.78 is 6.83. The fourth-order valence-corrected chi connectivity index (χ4v) is 3.53. The summed E-state index contributed by atoms with van der Waals surface area (Å²) in [6.07, 6.45) is 0. The van der Waals surface area contributed by atoms with Crippen molar-refractivity contribution in [3.8, 4) is 5.75 Å². The number of hydrogen-bond donors (Lipinski definition) is 1. The van der Waals surface area contributed by atoms with Crippen LogP contribution < -0.4 is 0 Å². The van der Waals surface area contributed by atoms with Gasteiger partial charge in [0.25, 0.3) is 0 Å². The van der Waals surface area contributed by atoms with E-state index in [0.717, 1.165) is 26.4 Å². The Bertz CT molecular complexity index is 673. The Kier molecular flexibility index (Phi) is 5.18. The zero-order valence-electron chi connectivity index (χ0n) is 11.9. The third-order valence-electron chi connectivity index (χ3n) is 3.34. The van der Waals surface area contributed by atoms with Crippen molar-refractivity contribution in [3.05, 3.63) is 64.1 Å². The summed E-state index contributed by atoms with van der Waals surface area (Å²) in [7, 11) is 0. The highest BCUT2D eigenvalue weighted by Gasteiger charge is 2.21. The molecule has 1 aliphatic heterocycles. The van der Waals surface area contributed by atoms with Crippen LogP contribution in [0.5, 0.6) is 5.75 Å². The Labute approximate surface area is 142 Å². The van der Waals surface area contributed by atoms with E-state index in [1.165, 1.54) is 0 Å². The van der Waals surface area contributed by atoms with E-state index in [0.29, 0.717) is 13.2 Å². The van der Waals surface area contributed by atoms with Gasteiger partial charge in [-0.25, -0.2) is 0 Å². The number of phenolic OH excluding ortho intramolecular Hbond substituents is 1. The number of halogens is 1. The molecule has 5 heteroatoms. The third kappa shape index (κ3) is 3.91. The molecule has 2 aromatic rings. The molecule has 0 saturated carbocycles. The van der Waals surface area contributed by atoms with Crippen LogP contribution in [0, 0.1) is 0 Å². The van der Waals surface area contributed by atoms with E-state index in [-0.39, 0.29) is 11.8 Å². The number of aromatic hydroxyl groups is 1. The average Bonchev–Trinajstić information content (AvgIpc) is 2.98. The van der Waals surface area contributed by atoms with Gasteiger partial charge in [-0.05, 0) is 29.8 Å². The van der Waals surface area contributed by atoms with Gasteiger partial charge in [-0.3, -0.25) is 4.99 Å². The van der Waals surface area contributed by atoms with E-state index in [1.807, 2.05) is 42.5 Å². The minimum atomic E-state index is 0.148. The molecule has 3 rings (SSSR count). The van der Waals surface area contributed by atoms with Crippen LogP contribution in [0.3, 0.4) is 0 Å². The highest BCUT2D eigenvalue weighted by molar-refractivity contribution is 9.10. The van der Waals surface area contributed by atoms with Crippen molar-refractivity contribution < 1.29 is 9.84 Å². The maximum Gasteiger partial charge on any atom is 0.125 e. The zero-order chi connectivity index (χ0) is 15.4. The van der Waals surface area contributed by atoms with Gasteiger partial charge in [0.05, 0.1) is 19.3 Å². The molecule has 2 aromatic carbocycles. The molecule has 0 fully saturated rings. The van der Waals surface area contributed by atoms with Crippen LogP contribution in [-0.4, -0.2) is 28.6 Å². The lowest BCUT2D eigenvalue weighted by molar-refractivity contribution is 0.113. The summed E-state index contributed by atoms with van der Waals surface area (Å²) in [5.74, 6) is 1.18. The van der Waals surface area contributed by atoms with E-state index >= 15 is 0 Å². The van der Waals surface area contributed by atoms with Gasteiger partial charge in [-0.1, -0.05) is 40.2 Å². The number of rotatable bonds is 5. The number of thioether (sulfide) groups is 1. The number of hydrogen-bond acceptors (Lipinski definition) is 4. The fourth-order valence-electron chi connectivity index (χ4n) is 2.20. The molecule has 0 aliphatic carbocycles. The van der Waals surface area contributed by atoms with Crippen molar-refractivity contribution >= 4 is 32.7 Å². The Morgan fingerprint density at radius 2 is 1.95 bits per heavy atom. The van der Waals surface area contributed by atoms with Gasteiger partial charge in [0.15, 0.2) is 0 Å². The molecule has 22 heavy (non-hydrogen) atoms. The molecule has 114 valence electrons. The molecule has 0 bridgehead atoms. The lowest BCUT2D eigenvalue weighted by atomic mass is 10.2. The number of benzene rings is 2. The third-order valence-corrected chi connectivity index (χ3v) is 5.02. The second-order valence-corrected chi connectivity index (χ2v) is 6.98. The Morgan fingerprint density at radius 1 is 1.18 bits per heavy atom. The Hall–Kier alpha value is -1.30. The van der Waals surface area contributed by atoms with Gasteiger partial charge in [0.1, 0.15) is 10.8 Å². The molecule has 1 heterocycles. The predicted molar refractivity (Wildman–Crippen MR) is 94.7 cm³/mol. The van der Waals surface area contributed by atoms with Crippen LogP contribution in [0.2, 0.25) is 0 Å². The van der Waals surface area contributed by atoms with E-state index in [9.17, 15) is 5.11 Å². The molecule has 0 spiro atoms. The number of aliphatic imine (C=N–C) groups is 1. The van der Waals surface area contributed by atoms with Gasteiger partial charge in [-0.2, -0.15) is 0 Å². The summed E-state index contributed by atoms with van der Waals surface area (Å²) in [4.78, 5) is 4.65. The molecule has 1 atom stereocenters. The monoisotopic (exact) mass is 377 g/mol. The minimum Gasteiger partial charge on any atom is -0.507 e. The number of phenols is 1. The smallest absolute Gasteiger partial charge is 0.125 e. The number of para-hydroxylation sites is 1. The van der Waals surface area contributed by atoms with Crippen molar-refractivity contribution in [2.24, 2.45) is 4.99 Å². The molecule has 0 radical (unpaired) electrons. The van der Waals surface area contributed by atoms with E-state index in [2.05, 4.69) is 20.9 Å². The Balaban J connectivity index is 1.54. The summed E-state index contributed by atoms with van der Waals surface area (Å²) in [6.45, 7) is 1.19. The van der Waals surface area contributed by atoms with E-state index in [4.69, 9.17) is 4.74 Å². The van der Waals surface area contributed by atoms with Gasteiger partial charge in [-0.15, -0.1) is 11.8 Å². The topological polar surface area (TPSA) is 41.8 Å². The molecule has 1 N–H and O–H groups in total. The molecule has 0 aromatic heterocycles. The molecule has 1 aliphatic rings. The maximum atomic E-state index is 9.88. The summed E-state index contributed by atoms with van der Waals surface area (Å²) in [6, 6.07) is 15.6. The predicted octanol–water partition coefficient (Wildman–Crippen LogP) is 4.23. The number of nitrogens with zero attached hydrogens (tertiary/aromatic N) is 1. The number of ether oxygens (including phenoxy) is 1. The minimum absolute atomic E-state index is 0.148. The second-order valence-electron chi connectivity index (χ2n) is 5.06. The van der Waals surface area contributed by atoms with Crippen molar-refractivity contribution in [1.29, 1.82) is 0 Å². The first-order chi connectivity index (χ1) is 10.7. The zero-order valence-corrected chi connectivity index (χ0v) is 14.3. The average molecular weight is 378 g/mol. The SMILES string of the molecule is Oc1ccccc1C1=NC(COCc2ccc(Br)cc2)CS1. The van der Waals surface area contributed by atoms with Gasteiger partial charge in [0.2, 0.25) is 0 Å². The standard InChI is InChI=1S/C17H16BrNO2S/c18-13-7-5-12(6-8-13)9-21-10-14-11-22-17(19-14)15-3-1-2-4-16(15)20/h1-8,14,20H,9-11H2. The van der Waals surface area contributed by atoms with Crippen LogP contribution in [0.15, 0.2) is 58.0 Å². The molecule has 0 amide bonds. The van der Waals surface area contributed by atoms with Gasteiger partial charge >= 0.3 is 0 Å². The lowest BCUT2D eigenvalue weighted by Gasteiger charge is -2.07. The molecule has 1 unspecified atom stereocenters. The van der Waals surface area contributed by atoms with Crippen LogP contribution in [0.25, 0.3) is 0 Å².